The second kappa shape index (κ2) is 11.0. The molecular formula is C39H31N. The summed E-state index contributed by atoms with van der Waals surface area (Å²) in [5, 5.41) is 5.02. The first kappa shape index (κ1) is 25.3. The average molecular weight is 514 g/mol. The van der Waals surface area contributed by atoms with Crippen LogP contribution in [0.2, 0.25) is 0 Å². The van der Waals surface area contributed by atoms with Crippen molar-refractivity contribution in [2.75, 3.05) is 0 Å². The summed E-state index contributed by atoms with van der Waals surface area (Å²) in [4.78, 5) is 4.88. The molecule has 6 aromatic carbocycles. The van der Waals surface area contributed by atoms with Gasteiger partial charge in [-0.25, -0.2) is 0 Å². The summed E-state index contributed by atoms with van der Waals surface area (Å²) >= 11 is 0. The van der Waals surface area contributed by atoms with Crippen molar-refractivity contribution in [1.82, 2.24) is 0 Å². The third kappa shape index (κ3) is 5.15. The predicted octanol–water partition coefficient (Wildman–Crippen LogP) is 10.9. The molecule has 6 rings (SSSR count). The number of nitrogens with zero attached hydrogens (tertiary/aromatic N) is 1. The fraction of sp³-hybridized carbons (Fsp3) is 0.0513. The lowest BCUT2D eigenvalue weighted by Crippen LogP contribution is -1.90. The molecule has 0 fully saturated rings. The highest BCUT2D eigenvalue weighted by atomic mass is 14.7. The zero-order chi connectivity index (χ0) is 27.5. The molecule has 0 atom stereocenters. The molecule has 40 heavy (non-hydrogen) atoms. The van der Waals surface area contributed by atoms with Crippen LogP contribution in [-0.4, -0.2) is 5.71 Å². The van der Waals surface area contributed by atoms with Gasteiger partial charge in [0.15, 0.2) is 0 Å². The van der Waals surface area contributed by atoms with Gasteiger partial charge in [0.25, 0.3) is 0 Å². The van der Waals surface area contributed by atoms with Crippen molar-refractivity contribution in [3.63, 3.8) is 0 Å². The first-order valence-electron chi connectivity index (χ1n) is 13.7. The Hall–Kier alpha value is -5.01. The normalized spacial score (nSPS) is 11.5. The van der Waals surface area contributed by atoms with Crippen LogP contribution in [0.1, 0.15) is 25.0 Å². The maximum Gasteiger partial charge on any atom is 0.0707 e. The molecule has 0 aromatic heterocycles. The third-order valence-corrected chi connectivity index (χ3v) is 7.29. The number of hydrogen-bond acceptors (Lipinski definition) is 1. The molecule has 0 aliphatic rings. The van der Waals surface area contributed by atoms with Gasteiger partial charge in [0.05, 0.1) is 5.70 Å². The largest absolute Gasteiger partial charge is 0.258 e. The van der Waals surface area contributed by atoms with Crippen molar-refractivity contribution in [2.45, 2.75) is 13.8 Å². The van der Waals surface area contributed by atoms with Crippen molar-refractivity contribution >= 4 is 38.5 Å². The lowest BCUT2D eigenvalue weighted by atomic mass is 9.95. The van der Waals surface area contributed by atoms with E-state index in [1.54, 1.807) is 0 Å². The predicted molar refractivity (Wildman–Crippen MR) is 175 cm³/mol. The van der Waals surface area contributed by atoms with Gasteiger partial charge < -0.3 is 0 Å². The van der Waals surface area contributed by atoms with E-state index in [0.717, 1.165) is 28.1 Å². The van der Waals surface area contributed by atoms with E-state index >= 15 is 0 Å². The minimum absolute atomic E-state index is 0.910. The highest BCUT2D eigenvalue weighted by Gasteiger charge is 2.08. The third-order valence-electron chi connectivity index (χ3n) is 7.29. The fourth-order valence-electron chi connectivity index (χ4n) is 5.31. The minimum atomic E-state index is 0.910. The Bertz CT molecular complexity index is 1890. The number of hydrogen-bond donors (Lipinski definition) is 0. The second-order valence-electron chi connectivity index (χ2n) is 10.3. The maximum absolute atomic E-state index is 4.88. The van der Waals surface area contributed by atoms with Crippen molar-refractivity contribution in [3.8, 4) is 22.3 Å². The summed E-state index contributed by atoms with van der Waals surface area (Å²) < 4.78 is 0. The van der Waals surface area contributed by atoms with E-state index in [2.05, 4.69) is 146 Å². The highest BCUT2D eigenvalue weighted by Crippen LogP contribution is 2.32. The molecule has 0 aliphatic heterocycles. The number of rotatable bonds is 6. The molecule has 0 radical (unpaired) electrons. The summed E-state index contributed by atoms with van der Waals surface area (Å²) in [6.07, 6.45) is 2.09. The lowest BCUT2D eigenvalue weighted by molar-refractivity contribution is 1.46. The van der Waals surface area contributed by atoms with Gasteiger partial charge in [0.1, 0.15) is 0 Å². The van der Waals surface area contributed by atoms with Gasteiger partial charge in [-0.3, -0.25) is 4.99 Å². The summed E-state index contributed by atoms with van der Waals surface area (Å²) in [6, 6.07) is 47.3. The van der Waals surface area contributed by atoms with Gasteiger partial charge in [0.2, 0.25) is 0 Å². The highest BCUT2D eigenvalue weighted by molar-refractivity contribution is 5.98. The smallest absolute Gasteiger partial charge is 0.0707 e. The second-order valence-corrected chi connectivity index (χ2v) is 10.3. The van der Waals surface area contributed by atoms with Crippen LogP contribution >= 0.6 is 0 Å². The van der Waals surface area contributed by atoms with Crippen LogP contribution in [0, 0.1) is 0 Å². The van der Waals surface area contributed by atoms with Crippen LogP contribution in [0.3, 0.4) is 0 Å². The number of aliphatic imine (C=N–C) groups is 1. The van der Waals surface area contributed by atoms with E-state index in [4.69, 9.17) is 4.99 Å². The molecule has 0 saturated heterocycles. The topological polar surface area (TPSA) is 12.4 Å². The van der Waals surface area contributed by atoms with Crippen molar-refractivity contribution in [3.05, 3.63) is 157 Å². The lowest BCUT2D eigenvalue weighted by Gasteiger charge is -2.11. The molecule has 1 nitrogen and oxygen atoms in total. The Morgan fingerprint density at radius 3 is 1.48 bits per heavy atom. The molecule has 6 aromatic rings. The van der Waals surface area contributed by atoms with Gasteiger partial charge >= 0.3 is 0 Å². The van der Waals surface area contributed by atoms with Crippen molar-refractivity contribution in [1.29, 1.82) is 0 Å². The van der Waals surface area contributed by atoms with Crippen LogP contribution in [0.25, 0.3) is 55.1 Å². The Morgan fingerprint density at radius 1 is 0.525 bits per heavy atom. The molecule has 0 bridgehead atoms. The van der Waals surface area contributed by atoms with Gasteiger partial charge in [-0.2, -0.15) is 0 Å². The fourth-order valence-corrected chi connectivity index (χ4v) is 5.31. The quantitative estimate of drug-likeness (QED) is 0.155. The van der Waals surface area contributed by atoms with Gasteiger partial charge in [-0.1, -0.05) is 140 Å². The number of fused-ring (bicyclic) bond motifs is 2. The molecule has 0 heterocycles. The molecule has 0 saturated carbocycles. The van der Waals surface area contributed by atoms with Gasteiger partial charge in [0, 0.05) is 11.3 Å². The van der Waals surface area contributed by atoms with Crippen molar-refractivity contribution in [2.24, 2.45) is 4.99 Å². The molecular weight excluding hydrogens is 482 g/mol. The van der Waals surface area contributed by atoms with E-state index in [0.29, 0.717) is 0 Å². The van der Waals surface area contributed by atoms with E-state index in [1.165, 1.54) is 43.8 Å². The summed E-state index contributed by atoms with van der Waals surface area (Å²) in [7, 11) is 0. The van der Waals surface area contributed by atoms with E-state index < -0.39 is 0 Å². The zero-order valence-corrected chi connectivity index (χ0v) is 22.9. The zero-order valence-electron chi connectivity index (χ0n) is 22.9. The Balaban J connectivity index is 1.30. The monoisotopic (exact) mass is 513 g/mol. The molecule has 1 heteroatoms. The Morgan fingerprint density at radius 2 is 0.975 bits per heavy atom. The summed E-state index contributed by atoms with van der Waals surface area (Å²) in [6.45, 7) is 8.46. The average Bonchev–Trinajstić information content (AvgIpc) is 3.00. The molecule has 0 amide bonds. The first-order valence-corrected chi connectivity index (χ1v) is 13.7. The number of allylic oxidation sites excluding steroid dienone is 2. The van der Waals surface area contributed by atoms with Gasteiger partial charge in [-0.05, 0) is 74.9 Å². The maximum atomic E-state index is 4.88. The van der Waals surface area contributed by atoms with Crippen LogP contribution in [-0.2, 0) is 0 Å². The summed E-state index contributed by atoms with van der Waals surface area (Å²) in [5.41, 5.74) is 9.86. The Kier molecular flexibility index (Phi) is 6.95. The molecule has 0 spiro atoms. The summed E-state index contributed by atoms with van der Waals surface area (Å²) in [5.74, 6) is 0. The molecule has 0 unspecified atom stereocenters. The van der Waals surface area contributed by atoms with Crippen LogP contribution in [0.5, 0.6) is 0 Å². The SMILES string of the molecule is C=C(/C=C(\N=C(C)C)c1ccc(-c2cccc3ccccc23)cc1)c1ccc(-c2cccc3ccccc23)cc1. The van der Waals surface area contributed by atoms with Crippen LogP contribution in [0.15, 0.2) is 151 Å². The van der Waals surface area contributed by atoms with E-state index in [-0.39, 0.29) is 0 Å². The van der Waals surface area contributed by atoms with Crippen LogP contribution in [0.4, 0.5) is 0 Å². The number of benzene rings is 6. The van der Waals surface area contributed by atoms with Crippen LogP contribution < -0.4 is 0 Å². The molecule has 192 valence electrons. The minimum Gasteiger partial charge on any atom is -0.258 e. The van der Waals surface area contributed by atoms with Crippen molar-refractivity contribution < 1.29 is 0 Å². The first-order chi connectivity index (χ1) is 19.6. The van der Waals surface area contributed by atoms with Gasteiger partial charge in [-0.15, -0.1) is 0 Å². The van der Waals surface area contributed by atoms with E-state index in [1.807, 2.05) is 13.8 Å². The standard InChI is InChI=1S/C39H31N/c1-27(2)40-39(34-24-22-33(23-25-34)38-17-9-13-31-11-5-7-15-36(31)38)26-28(3)29-18-20-32(21-19-29)37-16-8-12-30-10-4-6-14-35(30)37/h4-26H,3H2,1-2H3/b39-26-. The Labute approximate surface area is 236 Å². The van der Waals surface area contributed by atoms with E-state index in [9.17, 15) is 0 Å². The molecule has 0 N–H and O–H groups in total. The molecule has 0 aliphatic carbocycles.